The number of hydrogen-bond acceptors (Lipinski definition) is 3. The smallest absolute Gasteiger partial charge is 0.319 e. The molecule has 0 aliphatic heterocycles. The number of carbonyl (C=O) groups is 2. The van der Waals surface area contributed by atoms with Gasteiger partial charge in [-0.2, -0.15) is 0 Å². The summed E-state index contributed by atoms with van der Waals surface area (Å²) in [4.78, 5) is 22.2. The van der Waals surface area contributed by atoms with Crippen LogP contribution in [-0.2, 0) is 16.0 Å². The SMILES string of the molecule is COCCCCCNC(=O)Nc1ccc(CC(=O)O)cc1. The fraction of sp³-hybridized carbons (Fsp3) is 0.467. The third-order valence-corrected chi connectivity index (χ3v) is 2.88. The molecule has 6 heteroatoms. The van der Waals surface area contributed by atoms with Crippen molar-refractivity contribution >= 4 is 17.7 Å². The molecule has 0 saturated carbocycles. The summed E-state index contributed by atoms with van der Waals surface area (Å²) >= 11 is 0. The number of nitrogens with one attached hydrogen (secondary N) is 2. The normalized spacial score (nSPS) is 10.1. The Kier molecular flexibility index (Phi) is 7.89. The van der Waals surface area contributed by atoms with Gasteiger partial charge in [0.05, 0.1) is 6.42 Å². The highest BCUT2D eigenvalue weighted by Gasteiger charge is 2.03. The number of aliphatic carboxylic acids is 1. The van der Waals surface area contributed by atoms with Gasteiger partial charge in [0.25, 0.3) is 0 Å². The molecule has 21 heavy (non-hydrogen) atoms. The van der Waals surface area contributed by atoms with Crippen molar-refractivity contribution in [2.75, 3.05) is 25.6 Å². The van der Waals surface area contributed by atoms with Crippen molar-refractivity contribution in [1.82, 2.24) is 5.32 Å². The zero-order valence-corrected chi connectivity index (χ0v) is 12.2. The Balaban J connectivity index is 2.23. The van der Waals surface area contributed by atoms with E-state index in [1.807, 2.05) is 0 Å². The maximum atomic E-state index is 11.6. The van der Waals surface area contributed by atoms with Crippen LogP contribution >= 0.6 is 0 Å². The molecule has 6 nitrogen and oxygen atoms in total. The highest BCUT2D eigenvalue weighted by atomic mass is 16.5. The molecule has 1 rings (SSSR count). The molecular weight excluding hydrogens is 272 g/mol. The molecule has 0 heterocycles. The van der Waals surface area contributed by atoms with Crippen LogP contribution in [0.1, 0.15) is 24.8 Å². The van der Waals surface area contributed by atoms with Crippen LogP contribution in [0.5, 0.6) is 0 Å². The molecule has 0 saturated heterocycles. The molecule has 0 bridgehead atoms. The Morgan fingerprint density at radius 1 is 1.14 bits per heavy atom. The number of carboxylic acid groups (broad SMARTS) is 1. The van der Waals surface area contributed by atoms with Crippen LogP contribution in [0, 0.1) is 0 Å². The Hall–Kier alpha value is -2.08. The highest BCUT2D eigenvalue weighted by molar-refractivity contribution is 5.89. The van der Waals surface area contributed by atoms with Crippen LogP contribution in [-0.4, -0.2) is 37.4 Å². The van der Waals surface area contributed by atoms with Crippen molar-refractivity contribution in [2.24, 2.45) is 0 Å². The standard InChI is InChI=1S/C15H22N2O4/c1-21-10-4-2-3-9-16-15(20)17-13-7-5-12(6-8-13)11-14(18)19/h5-8H,2-4,9-11H2,1H3,(H,18,19)(H2,16,17,20). The lowest BCUT2D eigenvalue weighted by Gasteiger charge is -2.08. The van der Waals surface area contributed by atoms with Gasteiger partial charge in [0.2, 0.25) is 0 Å². The van der Waals surface area contributed by atoms with E-state index in [1.54, 1.807) is 31.4 Å². The number of unbranched alkanes of at least 4 members (excludes halogenated alkanes) is 2. The van der Waals surface area contributed by atoms with Crippen molar-refractivity contribution < 1.29 is 19.4 Å². The van der Waals surface area contributed by atoms with Gasteiger partial charge in [-0.3, -0.25) is 4.79 Å². The van der Waals surface area contributed by atoms with Crippen LogP contribution in [0.3, 0.4) is 0 Å². The molecule has 2 amide bonds. The molecule has 1 aromatic carbocycles. The Labute approximate surface area is 124 Å². The van der Waals surface area contributed by atoms with Crippen LogP contribution in [0.15, 0.2) is 24.3 Å². The van der Waals surface area contributed by atoms with E-state index in [4.69, 9.17) is 9.84 Å². The summed E-state index contributed by atoms with van der Waals surface area (Å²) in [5.41, 5.74) is 1.34. The number of hydrogen-bond donors (Lipinski definition) is 3. The van der Waals surface area contributed by atoms with Gasteiger partial charge in [-0.1, -0.05) is 12.1 Å². The average molecular weight is 294 g/mol. The third-order valence-electron chi connectivity index (χ3n) is 2.88. The van der Waals surface area contributed by atoms with Gasteiger partial charge in [0, 0.05) is 25.9 Å². The summed E-state index contributed by atoms with van der Waals surface area (Å²) in [6.45, 7) is 1.36. The maximum absolute atomic E-state index is 11.6. The van der Waals surface area contributed by atoms with E-state index in [0.29, 0.717) is 17.8 Å². The first-order valence-electron chi connectivity index (χ1n) is 6.96. The number of carbonyl (C=O) groups excluding carboxylic acids is 1. The van der Waals surface area contributed by atoms with Crippen LogP contribution in [0.2, 0.25) is 0 Å². The third kappa shape index (κ3) is 7.94. The molecule has 0 fully saturated rings. The number of rotatable bonds is 9. The Morgan fingerprint density at radius 3 is 2.48 bits per heavy atom. The largest absolute Gasteiger partial charge is 0.481 e. The number of carboxylic acids is 1. The summed E-state index contributed by atoms with van der Waals surface area (Å²) in [5.74, 6) is -0.873. The summed E-state index contributed by atoms with van der Waals surface area (Å²) < 4.78 is 4.95. The van der Waals surface area contributed by atoms with Gasteiger partial charge in [-0.05, 0) is 37.0 Å². The first-order chi connectivity index (χ1) is 10.1. The predicted octanol–water partition coefficient (Wildman–Crippen LogP) is 2.25. The number of methoxy groups -OCH3 is 1. The second kappa shape index (κ2) is 9.77. The van der Waals surface area contributed by atoms with Gasteiger partial charge < -0.3 is 20.5 Å². The monoisotopic (exact) mass is 294 g/mol. The number of ether oxygens (including phenoxy) is 1. The fourth-order valence-corrected chi connectivity index (χ4v) is 1.81. The lowest BCUT2D eigenvalue weighted by Crippen LogP contribution is -2.29. The van der Waals surface area contributed by atoms with E-state index in [9.17, 15) is 9.59 Å². The van der Waals surface area contributed by atoms with Gasteiger partial charge in [-0.25, -0.2) is 4.79 Å². The quantitative estimate of drug-likeness (QED) is 0.610. The molecule has 116 valence electrons. The zero-order chi connectivity index (χ0) is 15.5. The van der Waals surface area contributed by atoms with E-state index in [1.165, 1.54) is 0 Å². The summed E-state index contributed by atoms with van der Waals surface area (Å²) in [6, 6.07) is 6.50. The van der Waals surface area contributed by atoms with Crippen molar-refractivity contribution in [3.05, 3.63) is 29.8 Å². The van der Waals surface area contributed by atoms with Crippen LogP contribution < -0.4 is 10.6 Å². The highest BCUT2D eigenvalue weighted by Crippen LogP contribution is 2.10. The molecule has 0 aliphatic rings. The number of benzene rings is 1. The first-order valence-corrected chi connectivity index (χ1v) is 6.96. The molecular formula is C15H22N2O4. The van der Waals surface area contributed by atoms with Crippen molar-refractivity contribution in [2.45, 2.75) is 25.7 Å². The van der Waals surface area contributed by atoms with Crippen molar-refractivity contribution in [1.29, 1.82) is 0 Å². The summed E-state index contributed by atoms with van der Waals surface area (Å²) in [5, 5.41) is 14.1. The molecule has 0 spiro atoms. The molecule has 0 aromatic heterocycles. The molecule has 3 N–H and O–H groups in total. The van der Waals surface area contributed by atoms with Crippen molar-refractivity contribution in [3.8, 4) is 0 Å². The summed E-state index contributed by atoms with van der Waals surface area (Å²) in [6.07, 6.45) is 2.89. The first kappa shape index (κ1) is 17.0. The minimum Gasteiger partial charge on any atom is -0.481 e. The van der Waals surface area contributed by atoms with Crippen LogP contribution in [0.25, 0.3) is 0 Å². The van der Waals surface area contributed by atoms with Gasteiger partial charge in [0.1, 0.15) is 0 Å². The molecule has 0 unspecified atom stereocenters. The Bertz CT molecular complexity index is 445. The average Bonchev–Trinajstić information content (AvgIpc) is 2.44. The summed E-state index contributed by atoms with van der Waals surface area (Å²) in [7, 11) is 1.67. The van der Waals surface area contributed by atoms with Gasteiger partial charge in [-0.15, -0.1) is 0 Å². The second-order valence-electron chi connectivity index (χ2n) is 4.70. The Morgan fingerprint density at radius 2 is 1.86 bits per heavy atom. The topological polar surface area (TPSA) is 87.7 Å². The minimum absolute atomic E-state index is 0.0199. The van der Waals surface area contributed by atoms with Crippen LogP contribution in [0.4, 0.5) is 10.5 Å². The van der Waals surface area contributed by atoms with Crippen molar-refractivity contribution in [3.63, 3.8) is 0 Å². The lowest BCUT2D eigenvalue weighted by atomic mass is 10.1. The van der Waals surface area contributed by atoms with E-state index in [0.717, 1.165) is 25.9 Å². The molecule has 0 aliphatic carbocycles. The minimum atomic E-state index is -0.873. The maximum Gasteiger partial charge on any atom is 0.319 e. The second-order valence-corrected chi connectivity index (χ2v) is 4.70. The van der Waals surface area contributed by atoms with E-state index in [-0.39, 0.29) is 12.5 Å². The van der Waals surface area contributed by atoms with E-state index >= 15 is 0 Å². The molecule has 1 aromatic rings. The lowest BCUT2D eigenvalue weighted by molar-refractivity contribution is -0.136. The van der Waals surface area contributed by atoms with E-state index in [2.05, 4.69) is 10.6 Å². The number of anilines is 1. The van der Waals surface area contributed by atoms with E-state index < -0.39 is 5.97 Å². The molecule has 0 atom stereocenters. The zero-order valence-electron chi connectivity index (χ0n) is 12.2. The van der Waals surface area contributed by atoms with Gasteiger partial charge >= 0.3 is 12.0 Å². The predicted molar refractivity (Wildman–Crippen MR) is 80.5 cm³/mol. The molecule has 0 radical (unpaired) electrons. The number of amides is 2. The fourth-order valence-electron chi connectivity index (χ4n) is 1.81. The van der Waals surface area contributed by atoms with Gasteiger partial charge in [0.15, 0.2) is 0 Å². The number of urea groups is 1.